The molecule has 0 spiro atoms. The van der Waals surface area contributed by atoms with Gasteiger partial charge in [0.1, 0.15) is 34.4 Å². The molecular weight excluding hydrogens is 769 g/mol. The number of methoxy groups -OCH3 is 1. The normalized spacial score (nSPS) is 15.0. The molecule has 61 heavy (non-hydrogen) atoms. The summed E-state index contributed by atoms with van der Waals surface area (Å²) < 4.78 is 9.05. The number of pyridine rings is 4. The van der Waals surface area contributed by atoms with Crippen molar-refractivity contribution in [2.45, 2.75) is 20.3 Å². The number of likely N-dealkylation sites (N-methyl/N-ethyl adjacent to an activating group) is 2. The largest absolute Gasteiger partial charge is 0.494 e. The Bertz CT molecular complexity index is 2510. The van der Waals surface area contributed by atoms with E-state index in [0.29, 0.717) is 17.7 Å². The number of rotatable bonds is 11. The summed E-state index contributed by atoms with van der Waals surface area (Å²) in [5.74, 6) is 2.76. The third kappa shape index (κ3) is 11.9. The molecule has 6 aromatic rings. The number of hydrogen-bond acceptors (Lipinski definition) is 12. The number of aldehydes is 1. The molecule has 0 radical (unpaired) electrons. The van der Waals surface area contributed by atoms with E-state index in [1.54, 1.807) is 67.9 Å². The highest BCUT2D eigenvalue weighted by molar-refractivity contribution is 6.04. The van der Waals surface area contributed by atoms with Crippen LogP contribution in [0.1, 0.15) is 47.0 Å². The Morgan fingerprint density at radius 3 is 1.66 bits per heavy atom. The van der Waals surface area contributed by atoms with Crippen molar-refractivity contribution in [3.8, 4) is 5.75 Å². The van der Waals surface area contributed by atoms with Gasteiger partial charge in [0, 0.05) is 77.1 Å². The Hall–Kier alpha value is -6.77. The summed E-state index contributed by atoms with van der Waals surface area (Å²) >= 11 is 0. The Morgan fingerprint density at radius 2 is 1.16 bits per heavy atom. The minimum absolute atomic E-state index is 0.0337. The molecule has 0 unspecified atom stereocenters. The zero-order valence-electron chi connectivity index (χ0n) is 35.6. The number of imidazole rings is 2. The predicted molar refractivity (Wildman–Crippen MR) is 242 cm³/mol. The lowest BCUT2D eigenvalue weighted by atomic mass is 10.1. The first-order valence-corrected chi connectivity index (χ1v) is 20.5. The maximum Gasteiger partial charge on any atom is 0.178 e. The van der Waals surface area contributed by atoms with E-state index in [9.17, 15) is 14.4 Å². The number of aromatic nitrogens is 6. The molecule has 8 heterocycles. The number of fused-ring (bicyclic) bond motifs is 2. The van der Waals surface area contributed by atoms with Gasteiger partial charge in [0.15, 0.2) is 17.9 Å². The zero-order chi connectivity index (χ0) is 43.1. The van der Waals surface area contributed by atoms with Gasteiger partial charge in [0.2, 0.25) is 0 Å². The van der Waals surface area contributed by atoms with E-state index in [1.165, 1.54) is 7.11 Å². The summed E-state index contributed by atoms with van der Waals surface area (Å²) in [4.78, 5) is 60.3. The number of nitrogens with zero attached hydrogens (tertiary/aromatic N) is 10. The lowest BCUT2D eigenvalue weighted by Crippen LogP contribution is -2.45. The van der Waals surface area contributed by atoms with Crippen molar-refractivity contribution in [2.24, 2.45) is 0 Å². The van der Waals surface area contributed by atoms with Crippen molar-refractivity contribution >= 4 is 59.0 Å². The second kappa shape index (κ2) is 21.5. The van der Waals surface area contributed by atoms with Crippen molar-refractivity contribution in [1.29, 1.82) is 0 Å². The number of carbonyl (C=O) groups excluding carboxylic acids is 3. The van der Waals surface area contributed by atoms with Crippen LogP contribution in [0, 0.1) is 0 Å². The van der Waals surface area contributed by atoms with E-state index in [-0.39, 0.29) is 11.6 Å². The van der Waals surface area contributed by atoms with Crippen LogP contribution in [0.15, 0.2) is 104 Å². The molecule has 0 N–H and O–H groups in total. The summed E-state index contributed by atoms with van der Waals surface area (Å²) in [6, 6.07) is 19.7. The van der Waals surface area contributed by atoms with Gasteiger partial charge in [-0.25, -0.2) is 15.0 Å². The predicted octanol–water partition coefficient (Wildman–Crippen LogP) is 5.93. The van der Waals surface area contributed by atoms with Gasteiger partial charge in [-0.3, -0.25) is 28.2 Å². The van der Waals surface area contributed by atoms with Crippen molar-refractivity contribution in [3.63, 3.8) is 0 Å². The Balaban J connectivity index is 0.000000173. The quantitative estimate of drug-likeness (QED) is 0.113. The van der Waals surface area contributed by atoms with Crippen LogP contribution in [0.2, 0.25) is 0 Å². The van der Waals surface area contributed by atoms with Crippen LogP contribution >= 0.6 is 0 Å². The minimum Gasteiger partial charge on any atom is -0.494 e. The molecule has 0 aliphatic carbocycles. The highest BCUT2D eigenvalue weighted by atomic mass is 16.5. The van der Waals surface area contributed by atoms with Gasteiger partial charge in [0.05, 0.1) is 24.2 Å². The standard InChI is InChI=1S/C24H27N5O.C16H20N4O.C7H7NO2/c1-3-19-6-5-13-25-22(19)12-11-21(30)10-9-20-18-29-23(26-20)7-4-8-24(29)28-16-14-27(2)15-17-28;1-13(21)6-7-14-12-20-15(17-14)4-3-5-16(20)19-10-8-18(2)9-11-19;1-10-7-3-2-4-8-6(7)5-9/h4-13,18H,3,14-17H2,1-2H3;3-7,12H,8-11H2,1-2H3;2-5H,1H3/b10-9+,12-11+;7-6+;. The SMILES string of the molecule is CC(=O)/C=C/c1cn2c(N3CCN(C)CC3)cccc2n1.CCc1cccnc1/C=C/C(=O)/C=C/c1cn2c(N3CCN(C)CC3)cccc2n1.COc1cccnc1C=O. The van der Waals surface area contributed by atoms with Crippen molar-refractivity contribution in [1.82, 2.24) is 38.5 Å². The van der Waals surface area contributed by atoms with E-state index in [4.69, 9.17) is 4.74 Å². The third-order valence-electron chi connectivity index (χ3n) is 10.4. The summed E-state index contributed by atoms with van der Waals surface area (Å²) in [5.41, 5.74) is 5.68. The Morgan fingerprint density at radius 1 is 0.656 bits per heavy atom. The van der Waals surface area contributed by atoms with Crippen LogP contribution in [-0.2, 0) is 16.0 Å². The molecule has 0 bridgehead atoms. The molecular formula is C47H54N10O4. The number of ketones is 2. The molecule has 0 amide bonds. The van der Waals surface area contributed by atoms with E-state index >= 15 is 0 Å². The van der Waals surface area contributed by atoms with Crippen LogP contribution < -0.4 is 14.5 Å². The molecule has 0 saturated carbocycles. The highest BCUT2D eigenvalue weighted by Crippen LogP contribution is 2.21. The van der Waals surface area contributed by atoms with Gasteiger partial charge >= 0.3 is 0 Å². The van der Waals surface area contributed by atoms with Gasteiger partial charge in [0.25, 0.3) is 0 Å². The zero-order valence-corrected chi connectivity index (χ0v) is 35.6. The van der Waals surface area contributed by atoms with Gasteiger partial charge in [-0.1, -0.05) is 25.1 Å². The molecule has 2 aliphatic heterocycles. The van der Waals surface area contributed by atoms with Crippen LogP contribution in [0.3, 0.4) is 0 Å². The van der Waals surface area contributed by atoms with Gasteiger partial charge < -0.3 is 24.3 Å². The first-order valence-electron chi connectivity index (χ1n) is 20.5. The van der Waals surface area contributed by atoms with E-state index < -0.39 is 0 Å². The summed E-state index contributed by atoms with van der Waals surface area (Å²) in [5, 5.41) is 0. The minimum atomic E-state index is -0.0842. The number of aryl methyl sites for hydroxylation is 1. The second-order valence-electron chi connectivity index (χ2n) is 14.8. The fourth-order valence-electron chi connectivity index (χ4n) is 6.93. The third-order valence-corrected chi connectivity index (χ3v) is 10.4. The molecule has 14 heteroatoms. The van der Waals surface area contributed by atoms with E-state index in [1.807, 2.05) is 48.8 Å². The molecule has 8 rings (SSSR count). The number of allylic oxidation sites excluding steroid dienone is 3. The Labute approximate surface area is 357 Å². The number of hydrogen-bond donors (Lipinski definition) is 0. The number of carbonyl (C=O) groups is 3. The maximum absolute atomic E-state index is 12.3. The number of anilines is 2. The van der Waals surface area contributed by atoms with Crippen LogP contribution in [-0.4, -0.2) is 130 Å². The monoisotopic (exact) mass is 822 g/mol. The van der Waals surface area contributed by atoms with Crippen molar-refractivity contribution < 1.29 is 19.1 Å². The lowest BCUT2D eigenvalue weighted by molar-refractivity contribution is -0.112. The molecule has 0 atom stereocenters. The van der Waals surface area contributed by atoms with E-state index in [2.05, 4.69) is 81.5 Å². The smallest absolute Gasteiger partial charge is 0.178 e. The summed E-state index contributed by atoms with van der Waals surface area (Å²) in [7, 11) is 5.81. The first-order chi connectivity index (χ1) is 29.6. The number of piperazine rings is 2. The second-order valence-corrected chi connectivity index (χ2v) is 14.8. The fourth-order valence-corrected chi connectivity index (χ4v) is 6.93. The van der Waals surface area contributed by atoms with Gasteiger partial charge in [-0.15, -0.1) is 0 Å². The fraction of sp³-hybridized carbons (Fsp3) is 0.298. The first kappa shape index (κ1) is 43.8. The van der Waals surface area contributed by atoms with Crippen molar-refractivity contribution in [2.75, 3.05) is 83.4 Å². The average Bonchev–Trinajstić information content (AvgIpc) is 3.92. The molecule has 6 aromatic heterocycles. The van der Waals surface area contributed by atoms with Crippen LogP contribution in [0.25, 0.3) is 29.5 Å². The van der Waals surface area contributed by atoms with Gasteiger partial charge in [-0.05, 0) is 112 Å². The summed E-state index contributed by atoms with van der Waals surface area (Å²) in [6.45, 7) is 11.9. The van der Waals surface area contributed by atoms with Gasteiger partial charge in [-0.2, -0.15) is 0 Å². The molecule has 2 fully saturated rings. The molecule has 316 valence electrons. The molecule has 14 nitrogen and oxygen atoms in total. The molecule has 2 aliphatic rings. The Kier molecular flexibility index (Phi) is 15.4. The lowest BCUT2D eigenvalue weighted by Gasteiger charge is -2.34. The van der Waals surface area contributed by atoms with Crippen molar-refractivity contribution in [3.05, 3.63) is 132 Å². The molecule has 2 saturated heterocycles. The maximum atomic E-state index is 12.3. The summed E-state index contributed by atoms with van der Waals surface area (Å²) in [6.07, 6.45) is 18.8. The van der Waals surface area contributed by atoms with Crippen LogP contribution in [0.4, 0.5) is 11.6 Å². The highest BCUT2D eigenvalue weighted by Gasteiger charge is 2.18. The van der Waals surface area contributed by atoms with E-state index in [0.717, 1.165) is 104 Å². The van der Waals surface area contributed by atoms with Crippen LogP contribution in [0.5, 0.6) is 5.75 Å². The number of ether oxygens (including phenoxy) is 1. The average molecular weight is 823 g/mol. The topological polar surface area (TPSA) is 134 Å². The molecule has 0 aromatic carbocycles.